The Hall–Kier alpha value is -2.04. The van der Waals surface area contributed by atoms with E-state index in [-0.39, 0.29) is 11.9 Å². The van der Waals surface area contributed by atoms with Crippen LogP contribution in [-0.2, 0) is 9.59 Å². The smallest absolute Gasteiger partial charge is 0.226 e. The summed E-state index contributed by atoms with van der Waals surface area (Å²) in [6, 6.07) is 8.66. The van der Waals surface area contributed by atoms with Crippen molar-refractivity contribution < 1.29 is 14.7 Å². The van der Waals surface area contributed by atoms with Gasteiger partial charge in [-0.05, 0) is 38.8 Å². The third-order valence-electron chi connectivity index (χ3n) is 5.69. The Bertz CT molecular complexity index is 628. The van der Waals surface area contributed by atoms with Crippen LogP contribution in [0.2, 0.25) is 0 Å². The molecule has 0 unspecified atom stereocenters. The van der Waals surface area contributed by atoms with Gasteiger partial charge in [0, 0.05) is 49.2 Å². The number of carboxylic acid groups (broad SMARTS) is 1. The minimum atomic E-state index is -1.07. The van der Waals surface area contributed by atoms with Gasteiger partial charge >= 0.3 is 0 Å². The van der Waals surface area contributed by atoms with Gasteiger partial charge in [0.2, 0.25) is 5.91 Å². The number of amides is 1. The Morgan fingerprint density at radius 3 is 2.28 bits per heavy atom. The van der Waals surface area contributed by atoms with Crippen molar-refractivity contribution in [3.8, 4) is 0 Å². The number of aliphatic carboxylic acids is 1. The Morgan fingerprint density at radius 2 is 1.68 bits per heavy atom. The zero-order valence-corrected chi connectivity index (χ0v) is 15.1. The van der Waals surface area contributed by atoms with Gasteiger partial charge < -0.3 is 19.7 Å². The van der Waals surface area contributed by atoms with Crippen molar-refractivity contribution in [2.24, 2.45) is 11.8 Å². The molecule has 1 aromatic carbocycles. The number of carbonyl (C=O) groups is 2. The number of rotatable bonds is 3. The predicted molar refractivity (Wildman–Crippen MR) is 95.0 cm³/mol. The average Bonchev–Trinajstić information content (AvgIpc) is 2.62. The van der Waals surface area contributed by atoms with E-state index in [1.807, 2.05) is 4.90 Å². The van der Waals surface area contributed by atoms with Crippen molar-refractivity contribution in [3.63, 3.8) is 0 Å². The molecule has 2 aliphatic rings. The van der Waals surface area contributed by atoms with Gasteiger partial charge in [-0.1, -0.05) is 30.5 Å². The van der Waals surface area contributed by atoms with E-state index in [1.54, 1.807) is 0 Å². The minimum absolute atomic E-state index is 0.00399. The Kier molecular flexibility index (Phi) is 5.30. The standard InChI is InChI=1S/C20H28N2O3/c1-14-7-9-16(10-8-14)22-12-11-21(13-15(22)2)19(23)17-5-3-4-6-18(17)20(24)25/h7-10,15,17-18H,3-6,11-13H2,1-2H3,(H,24,25)/p-1/t15-,17-,18+/m1/s1. The molecule has 1 aliphatic heterocycles. The molecule has 1 aromatic rings. The van der Waals surface area contributed by atoms with Crippen LogP contribution in [0.1, 0.15) is 38.2 Å². The quantitative estimate of drug-likeness (QED) is 0.836. The molecule has 1 saturated heterocycles. The summed E-state index contributed by atoms with van der Waals surface area (Å²) in [7, 11) is 0. The van der Waals surface area contributed by atoms with Gasteiger partial charge in [-0.15, -0.1) is 0 Å². The lowest BCUT2D eigenvalue weighted by Crippen LogP contribution is -2.56. The topological polar surface area (TPSA) is 63.7 Å². The normalized spacial score (nSPS) is 27.2. The molecule has 0 aromatic heterocycles. The second-order valence-corrected chi connectivity index (χ2v) is 7.48. The van der Waals surface area contributed by atoms with Crippen molar-refractivity contribution in [1.29, 1.82) is 0 Å². The second-order valence-electron chi connectivity index (χ2n) is 7.48. The summed E-state index contributed by atoms with van der Waals surface area (Å²) in [5.41, 5.74) is 2.41. The molecule has 1 saturated carbocycles. The Labute approximate surface area is 149 Å². The van der Waals surface area contributed by atoms with Gasteiger partial charge in [0.25, 0.3) is 0 Å². The first kappa shape index (κ1) is 17.8. The summed E-state index contributed by atoms with van der Waals surface area (Å²) in [6.45, 7) is 6.26. The molecule has 0 bridgehead atoms. The molecule has 0 spiro atoms. The number of benzene rings is 1. The van der Waals surface area contributed by atoms with Gasteiger partial charge in [0.05, 0.1) is 0 Å². The lowest BCUT2D eigenvalue weighted by atomic mass is 9.78. The number of anilines is 1. The monoisotopic (exact) mass is 343 g/mol. The number of piperazine rings is 1. The van der Waals surface area contributed by atoms with Crippen LogP contribution < -0.4 is 10.0 Å². The van der Waals surface area contributed by atoms with E-state index in [0.717, 1.165) is 19.4 Å². The average molecular weight is 343 g/mol. The molecular formula is C20H27N2O3-. The zero-order chi connectivity index (χ0) is 18.0. The van der Waals surface area contributed by atoms with Crippen molar-refractivity contribution >= 4 is 17.6 Å². The Balaban J connectivity index is 1.66. The highest BCUT2D eigenvalue weighted by Crippen LogP contribution is 2.32. The van der Waals surface area contributed by atoms with E-state index in [1.165, 1.54) is 11.3 Å². The summed E-state index contributed by atoms with van der Waals surface area (Å²) in [5, 5.41) is 11.4. The van der Waals surface area contributed by atoms with Crippen LogP contribution in [0.15, 0.2) is 24.3 Å². The molecule has 5 nitrogen and oxygen atoms in total. The molecule has 136 valence electrons. The fourth-order valence-corrected chi connectivity index (χ4v) is 4.22. The highest BCUT2D eigenvalue weighted by Gasteiger charge is 2.36. The van der Waals surface area contributed by atoms with E-state index < -0.39 is 17.8 Å². The number of hydrogen-bond acceptors (Lipinski definition) is 4. The van der Waals surface area contributed by atoms with E-state index in [4.69, 9.17) is 0 Å². The molecule has 1 amide bonds. The largest absolute Gasteiger partial charge is 0.550 e. The predicted octanol–water partition coefficient (Wildman–Crippen LogP) is 1.59. The maximum atomic E-state index is 12.9. The summed E-state index contributed by atoms with van der Waals surface area (Å²) in [5.74, 6) is -2.09. The van der Waals surface area contributed by atoms with Crippen LogP contribution in [0.25, 0.3) is 0 Å². The Morgan fingerprint density at radius 1 is 1.04 bits per heavy atom. The summed E-state index contributed by atoms with van der Waals surface area (Å²) < 4.78 is 0. The summed E-state index contributed by atoms with van der Waals surface area (Å²) in [4.78, 5) is 28.5. The van der Waals surface area contributed by atoms with Crippen molar-refractivity contribution in [3.05, 3.63) is 29.8 Å². The van der Waals surface area contributed by atoms with Crippen LogP contribution in [0.5, 0.6) is 0 Å². The van der Waals surface area contributed by atoms with Crippen molar-refractivity contribution in [2.45, 2.75) is 45.6 Å². The minimum Gasteiger partial charge on any atom is -0.550 e. The molecule has 5 heteroatoms. The number of carboxylic acids is 1. The first-order valence-electron chi connectivity index (χ1n) is 9.30. The molecule has 3 atom stereocenters. The SMILES string of the molecule is Cc1ccc(N2CCN(C(=O)[C@@H]3CCCC[C@@H]3C(=O)[O-])C[C@H]2C)cc1. The maximum absolute atomic E-state index is 12.9. The number of nitrogens with zero attached hydrogens (tertiary/aromatic N) is 2. The number of carbonyl (C=O) groups excluding carboxylic acids is 2. The lowest BCUT2D eigenvalue weighted by molar-refractivity contribution is -0.314. The van der Waals surface area contributed by atoms with Crippen LogP contribution >= 0.6 is 0 Å². The molecule has 0 N–H and O–H groups in total. The van der Waals surface area contributed by atoms with Crippen LogP contribution in [0.3, 0.4) is 0 Å². The molecule has 25 heavy (non-hydrogen) atoms. The number of aryl methyl sites for hydroxylation is 1. The van der Waals surface area contributed by atoms with E-state index in [2.05, 4.69) is 43.0 Å². The van der Waals surface area contributed by atoms with Crippen molar-refractivity contribution in [1.82, 2.24) is 4.90 Å². The fraction of sp³-hybridized carbons (Fsp3) is 0.600. The van der Waals surface area contributed by atoms with E-state index in [9.17, 15) is 14.7 Å². The summed E-state index contributed by atoms with van der Waals surface area (Å²) in [6.07, 6.45) is 3.04. The highest BCUT2D eigenvalue weighted by atomic mass is 16.4. The lowest BCUT2D eigenvalue weighted by Gasteiger charge is -2.43. The van der Waals surface area contributed by atoms with Crippen molar-refractivity contribution in [2.75, 3.05) is 24.5 Å². The molecule has 1 heterocycles. The number of hydrogen-bond donors (Lipinski definition) is 0. The van der Waals surface area contributed by atoms with Gasteiger partial charge in [-0.3, -0.25) is 4.79 Å². The first-order chi connectivity index (χ1) is 12.0. The van der Waals surface area contributed by atoms with E-state index >= 15 is 0 Å². The molecule has 1 aliphatic carbocycles. The zero-order valence-electron chi connectivity index (χ0n) is 15.1. The fourth-order valence-electron chi connectivity index (χ4n) is 4.22. The second kappa shape index (κ2) is 7.46. The van der Waals surface area contributed by atoms with Gasteiger partial charge in [0.1, 0.15) is 0 Å². The van der Waals surface area contributed by atoms with Gasteiger partial charge in [-0.25, -0.2) is 0 Å². The molecule has 3 rings (SSSR count). The van der Waals surface area contributed by atoms with Gasteiger partial charge in [-0.2, -0.15) is 0 Å². The molecular weight excluding hydrogens is 316 g/mol. The maximum Gasteiger partial charge on any atom is 0.226 e. The highest BCUT2D eigenvalue weighted by molar-refractivity contribution is 5.84. The van der Waals surface area contributed by atoms with Crippen LogP contribution in [0.4, 0.5) is 5.69 Å². The third-order valence-corrected chi connectivity index (χ3v) is 5.69. The van der Waals surface area contributed by atoms with Crippen LogP contribution in [-0.4, -0.2) is 42.5 Å². The summed E-state index contributed by atoms with van der Waals surface area (Å²) >= 11 is 0. The van der Waals surface area contributed by atoms with Crippen LogP contribution in [0, 0.1) is 18.8 Å². The molecule has 2 fully saturated rings. The third kappa shape index (κ3) is 3.80. The van der Waals surface area contributed by atoms with E-state index in [0.29, 0.717) is 25.9 Å². The molecule has 0 radical (unpaired) electrons. The first-order valence-corrected chi connectivity index (χ1v) is 9.30. The van der Waals surface area contributed by atoms with Gasteiger partial charge in [0.15, 0.2) is 0 Å².